The lowest BCUT2D eigenvalue weighted by Crippen LogP contribution is -2.55. The summed E-state index contributed by atoms with van der Waals surface area (Å²) in [4.78, 5) is 12.7. The van der Waals surface area contributed by atoms with E-state index < -0.39 is 0 Å². The van der Waals surface area contributed by atoms with E-state index in [1.54, 1.807) is 6.07 Å². The molecule has 0 spiro atoms. The Hall–Kier alpha value is -2.61. The number of anilines is 1. The van der Waals surface area contributed by atoms with Crippen molar-refractivity contribution < 1.29 is 5.11 Å². The van der Waals surface area contributed by atoms with Gasteiger partial charge in [-0.25, -0.2) is 4.98 Å². The number of hydrogen-bond acceptors (Lipinski definition) is 6. The molecule has 2 aliphatic heterocycles. The molecule has 1 aromatic heterocycles. The number of phenolic OH excluding ortho intramolecular Hbond substituents is 1. The molecule has 38 heavy (non-hydrogen) atoms. The van der Waals surface area contributed by atoms with Crippen LogP contribution in [0, 0.1) is 0 Å². The smallest absolute Gasteiger partial charge is 0.127 e. The second-order valence-corrected chi connectivity index (χ2v) is 11.9. The van der Waals surface area contributed by atoms with E-state index in [2.05, 4.69) is 90.8 Å². The predicted octanol–water partition coefficient (Wildman–Crippen LogP) is 4.86. The minimum atomic E-state index is -0.0670. The molecule has 3 aromatic rings. The van der Waals surface area contributed by atoms with E-state index >= 15 is 0 Å². The molecule has 5 rings (SSSR count). The number of aromatic nitrogens is 2. The Morgan fingerprint density at radius 1 is 1.08 bits per heavy atom. The van der Waals surface area contributed by atoms with Gasteiger partial charge >= 0.3 is 0 Å². The molecule has 3 heterocycles. The number of nitrogens with zero attached hydrogens (tertiary/aromatic N) is 5. The van der Waals surface area contributed by atoms with Gasteiger partial charge in [-0.15, -0.1) is 0 Å². The number of nitrogens with one attached hydrogen (secondary N) is 1. The average Bonchev–Trinajstić information content (AvgIpc) is 3.21. The van der Waals surface area contributed by atoms with E-state index in [9.17, 15) is 5.11 Å². The van der Waals surface area contributed by atoms with E-state index in [0.29, 0.717) is 23.9 Å². The van der Waals surface area contributed by atoms with Crippen molar-refractivity contribution >= 4 is 16.7 Å². The van der Waals surface area contributed by atoms with Gasteiger partial charge in [0.1, 0.15) is 11.6 Å². The highest BCUT2D eigenvalue weighted by atomic mass is 16.3. The third kappa shape index (κ3) is 5.04. The molecule has 2 aliphatic rings. The fraction of sp³-hybridized carbons (Fsp3) is 0.581. The summed E-state index contributed by atoms with van der Waals surface area (Å²) in [6.45, 7) is 10.9. The first kappa shape index (κ1) is 27.0. The molecule has 0 saturated carbocycles. The van der Waals surface area contributed by atoms with E-state index in [-0.39, 0.29) is 5.54 Å². The van der Waals surface area contributed by atoms with Crippen LogP contribution in [0.1, 0.15) is 63.9 Å². The van der Waals surface area contributed by atoms with Gasteiger partial charge in [0.05, 0.1) is 17.1 Å². The largest absolute Gasteiger partial charge is 0.508 e. The Kier molecular flexibility index (Phi) is 7.72. The molecular weight excluding hydrogens is 472 g/mol. The normalized spacial score (nSPS) is 23.3. The summed E-state index contributed by atoms with van der Waals surface area (Å²) in [5.41, 5.74) is 4.69. The first-order valence-corrected chi connectivity index (χ1v) is 14.4. The van der Waals surface area contributed by atoms with Gasteiger partial charge in [0, 0.05) is 56.5 Å². The monoisotopic (exact) mass is 518 g/mol. The van der Waals surface area contributed by atoms with Crippen LogP contribution in [-0.2, 0) is 12.6 Å². The molecule has 0 amide bonds. The number of rotatable bonds is 7. The zero-order valence-electron chi connectivity index (χ0n) is 24.1. The zero-order valence-corrected chi connectivity index (χ0v) is 24.1. The van der Waals surface area contributed by atoms with Crippen molar-refractivity contribution in [2.75, 3.05) is 45.2 Å². The molecule has 0 radical (unpaired) electrons. The average molecular weight is 519 g/mol. The highest BCUT2D eigenvalue weighted by molar-refractivity contribution is 5.80. The number of aryl methyl sites for hydroxylation is 1. The van der Waals surface area contributed by atoms with E-state index in [0.717, 1.165) is 57.4 Å². The fourth-order valence-corrected chi connectivity index (χ4v) is 7.00. The highest BCUT2D eigenvalue weighted by Gasteiger charge is 2.38. The molecule has 3 atom stereocenters. The second-order valence-electron chi connectivity index (χ2n) is 11.9. The third-order valence-electron chi connectivity index (χ3n) is 8.98. The van der Waals surface area contributed by atoms with Gasteiger partial charge in [0.25, 0.3) is 0 Å². The van der Waals surface area contributed by atoms with Crippen LogP contribution in [-0.4, -0.2) is 76.8 Å². The molecule has 2 aromatic carbocycles. The number of aromatic hydroxyl groups is 1. The molecule has 2 N–H and O–H groups in total. The SMILES string of the molecule is CCCC(c1nc2cc(N3CCC(c4cccc(O)c4)(N(C)C)CC3)ccc2n1C)N1C[C@@H](C)N[C@@H](C)C1. The van der Waals surface area contributed by atoms with Gasteiger partial charge in [0.15, 0.2) is 0 Å². The third-order valence-corrected chi connectivity index (χ3v) is 8.98. The number of piperazine rings is 1. The van der Waals surface area contributed by atoms with E-state index in [1.807, 2.05) is 12.1 Å². The van der Waals surface area contributed by atoms with Gasteiger partial charge in [-0.2, -0.15) is 0 Å². The maximum Gasteiger partial charge on any atom is 0.127 e. The lowest BCUT2D eigenvalue weighted by atomic mass is 9.79. The summed E-state index contributed by atoms with van der Waals surface area (Å²) in [6.07, 6.45) is 4.28. The van der Waals surface area contributed by atoms with Crippen LogP contribution in [0.15, 0.2) is 42.5 Å². The molecular formula is C31H46N6O. The Labute approximate surface area is 228 Å². The number of piperidine rings is 1. The Morgan fingerprint density at radius 2 is 1.79 bits per heavy atom. The van der Waals surface area contributed by atoms with Crippen LogP contribution < -0.4 is 10.2 Å². The summed E-state index contributed by atoms with van der Waals surface area (Å²) in [5.74, 6) is 1.53. The number of hydrogen-bond donors (Lipinski definition) is 2. The van der Waals surface area contributed by atoms with Gasteiger partial charge < -0.3 is 19.9 Å². The van der Waals surface area contributed by atoms with Crippen molar-refractivity contribution in [1.29, 1.82) is 0 Å². The van der Waals surface area contributed by atoms with Crippen LogP contribution in [0.5, 0.6) is 5.75 Å². The number of fused-ring (bicyclic) bond motifs is 1. The van der Waals surface area contributed by atoms with Crippen molar-refractivity contribution in [3.05, 3.63) is 53.9 Å². The summed E-state index contributed by atoms with van der Waals surface area (Å²) in [6, 6.07) is 16.0. The minimum absolute atomic E-state index is 0.0670. The predicted molar refractivity (Wildman–Crippen MR) is 157 cm³/mol. The van der Waals surface area contributed by atoms with Crippen LogP contribution in [0.4, 0.5) is 5.69 Å². The molecule has 206 valence electrons. The first-order chi connectivity index (χ1) is 18.2. The molecule has 7 nitrogen and oxygen atoms in total. The maximum atomic E-state index is 10.1. The highest BCUT2D eigenvalue weighted by Crippen LogP contribution is 2.40. The molecule has 2 saturated heterocycles. The standard InChI is InChI=1S/C31H46N6O/c1-7-9-29(37-20-22(2)32-23(3)21-37)30-33-27-19-25(12-13-28(27)35(30)6)36-16-14-31(15-17-36,34(4)5)24-10-8-11-26(38)18-24/h8,10-13,18-19,22-23,29,32,38H,7,9,14-17,20-21H2,1-6H3/t22-,23+,29?. The summed E-state index contributed by atoms with van der Waals surface area (Å²) < 4.78 is 2.33. The number of imidazole rings is 1. The van der Waals surface area contributed by atoms with Crippen molar-refractivity contribution in [2.45, 2.75) is 70.1 Å². The van der Waals surface area contributed by atoms with Crippen LogP contribution in [0.25, 0.3) is 11.0 Å². The van der Waals surface area contributed by atoms with Crippen molar-refractivity contribution in [3.63, 3.8) is 0 Å². The van der Waals surface area contributed by atoms with Crippen molar-refractivity contribution in [1.82, 2.24) is 24.7 Å². The molecule has 1 unspecified atom stereocenters. The molecule has 0 bridgehead atoms. The quantitative estimate of drug-likeness (QED) is 0.466. The maximum absolute atomic E-state index is 10.1. The van der Waals surface area contributed by atoms with E-state index in [1.165, 1.54) is 22.6 Å². The Balaban J connectivity index is 1.39. The Morgan fingerprint density at radius 3 is 2.42 bits per heavy atom. The topological polar surface area (TPSA) is 59.8 Å². The summed E-state index contributed by atoms with van der Waals surface area (Å²) in [5, 5.41) is 13.8. The molecule has 7 heteroatoms. The number of benzene rings is 2. The minimum Gasteiger partial charge on any atom is -0.508 e. The van der Waals surface area contributed by atoms with Crippen molar-refractivity contribution in [2.24, 2.45) is 7.05 Å². The van der Waals surface area contributed by atoms with Crippen molar-refractivity contribution in [3.8, 4) is 5.75 Å². The lowest BCUT2D eigenvalue weighted by molar-refractivity contribution is 0.110. The van der Waals surface area contributed by atoms with Gasteiger partial charge in [-0.05, 0) is 83.1 Å². The zero-order chi connectivity index (χ0) is 27.0. The van der Waals surface area contributed by atoms with Gasteiger partial charge in [-0.1, -0.05) is 25.5 Å². The molecule has 2 fully saturated rings. The summed E-state index contributed by atoms with van der Waals surface area (Å²) in [7, 11) is 6.51. The van der Waals surface area contributed by atoms with Gasteiger partial charge in [-0.3, -0.25) is 9.80 Å². The van der Waals surface area contributed by atoms with Crippen LogP contribution in [0.2, 0.25) is 0 Å². The lowest BCUT2D eigenvalue weighted by Gasteiger charge is -2.47. The Bertz CT molecular complexity index is 1230. The van der Waals surface area contributed by atoms with Crippen LogP contribution >= 0.6 is 0 Å². The second kappa shape index (κ2) is 10.9. The fourth-order valence-electron chi connectivity index (χ4n) is 7.00. The summed E-state index contributed by atoms with van der Waals surface area (Å²) >= 11 is 0. The number of phenols is 1. The first-order valence-electron chi connectivity index (χ1n) is 14.4. The molecule has 0 aliphatic carbocycles. The van der Waals surface area contributed by atoms with Crippen LogP contribution in [0.3, 0.4) is 0 Å². The van der Waals surface area contributed by atoms with Gasteiger partial charge in [0.2, 0.25) is 0 Å². The van der Waals surface area contributed by atoms with E-state index in [4.69, 9.17) is 4.98 Å².